The first kappa shape index (κ1) is 24.4. The van der Waals surface area contributed by atoms with E-state index in [-0.39, 0.29) is 10.8 Å². The Bertz CT molecular complexity index is 1010. The molecule has 0 aliphatic carbocycles. The number of carbonyl (C=O) groups is 1. The van der Waals surface area contributed by atoms with Crippen molar-refractivity contribution in [1.29, 1.82) is 0 Å². The molecule has 0 atom stereocenters. The van der Waals surface area contributed by atoms with Crippen LogP contribution in [0.25, 0.3) is 6.08 Å². The van der Waals surface area contributed by atoms with Gasteiger partial charge in [-0.3, -0.25) is 4.79 Å². The van der Waals surface area contributed by atoms with Crippen molar-refractivity contribution in [1.82, 2.24) is 4.31 Å². The minimum atomic E-state index is -3.60. The number of sulfonamides is 1. The number of hydrogen-bond donors (Lipinski definition) is 1. The minimum absolute atomic E-state index is 0.144. The number of amides is 1. The van der Waals surface area contributed by atoms with Crippen LogP contribution < -0.4 is 14.8 Å². The maximum atomic E-state index is 12.7. The molecule has 2 aromatic carbocycles. The fraction of sp³-hybridized carbons (Fsp3) is 0.348. The topological polar surface area (TPSA) is 84.9 Å². The van der Waals surface area contributed by atoms with Crippen LogP contribution >= 0.6 is 0 Å². The average Bonchev–Trinajstić information content (AvgIpc) is 2.77. The Balaban J connectivity index is 2.12. The number of benzene rings is 2. The average molecular weight is 447 g/mol. The molecule has 0 fully saturated rings. The second-order valence-corrected chi connectivity index (χ2v) is 8.64. The zero-order valence-electron chi connectivity index (χ0n) is 18.4. The van der Waals surface area contributed by atoms with Gasteiger partial charge in [0.1, 0.15) is 0 Å². The van der Waals surface area contributed by atoms with Gasteiger partial charge in [0.25, 0.3) is 0 Å². The highest BCUT2D eigenvalue weighted by molar-refractivity contribution is 7.89. The lowest BCUT2D eigenvalue weighted by molar-refractivity contribution is -0.111. The molecule has 0 heterocycles. The molecule has 31 heavy (non-hydrogen) atoms. The standard InChI is InChI=1S/C23H30N2O5S/c1-5-15-30-21-13-11-18(16-22(21)29-4)12-14-23(26)24-19-9-8-10-20(17-19)31(27,28)25(6-2)7-3/h8-14,16-17H,5-7,15H2,1-4H3,(H,24,26)/b14-12+. The number of hydrogen-bond acceptors (Lipinski definition) is 5. The quantitative estimate of drug-likeness (QED) is 0.524. The van der Waals surface area contributed by atoms with Crippen LogP contribution in [0.5, 0.6) is 11.5 Å². The summed E-state index contributed by atoms with van der Waals surface area (Å²) in [6, 6.07) is 11.6. The fourth-order valence-corrected chi connectivity index (χ4v) is 4.43. The van der Waals surface area contributed by atoms with Crippen molar-refractivity contribution in [3.05, 3.63) is 54.1 Å². The van der Waals surface area contributed by atoms with Crippen LogP contribution in [-0.4, -0.2) is 45.4 Å². The number of nitrogens with one attached hydrogen (secondary N) is 1. The Hall–Kier alpha value is -2.84. The van der Waals surface area contributed by atoms with Crippen molar-refractivity contribution in [2.24, 2.45) is 0 Å². The third kappa shape index (κ3) is 6.57. The van der Waals surface area contributed by atoms with Gasteiger partial charge < -0.3 is 14.8 Å². The largest absolute Gasteiger partial charge is 0.493 e. The molecule has 0 aromatic heterocycles. The molecule has 2 aromatic rings. The fourth-order valence-electron chi connectivity index (χ4n) is 2.92. The zero-order valence-corrected chi connectivity index (χ0v) is 19.2. The van der Waals surface area contributed by atoms with Gasteiger partial charge >= 0.3 is 0 Å². The summed E-state index contributed by atoms with van der Waals surface area (Å²) in [5.41, 5.74) is 1.18. The number of nitrogens with zero attached hydrogens (tertiary/aromatic N) is 1. The Morgan fingerprint density at radius 2 is 1.81 bits per heavy atom. The van der Waals surface area contributed by atoms with Crippen molar-refractivity contribution in [2.45, 2.75) is 32.1 Å². The molecule has 1 amide bonds. The van der Waals surface area contributed by atoms with E-state index >= 15 is 0 Å². The summed E-state index contributed by atoms with van der Waals surface area (Å²) in [5.74, 6) is 0.866. The van der Waals surface area contributed by atoms with Crippen molar-refractivity contribution < 1.29 is 22.7 Å². The molecule has 2 rings (SSSR count). The van der Waals surface area contributed by atoms with Gasteiger partial charge in [-0.15, -0.1) is 0 Å². The molecule has 8 heteroatoms. The number of methoxy groups -OCH3 is 1. The second kappa shape index (κ2) is 11.5. The summed E-state index contributed by atoms with van der Waals surface area (Å²) in [6.45, 7) is 6.95. The maximum absolute atomic E-state index is 12.7. The molecule has 0 spiro atoms. The van der Waals surface area contributed by atoms with Crippen LogP contribution in [-0.2, 0) is 14.8 Å². The Morgan fingerprint density at radius 3 is 2.45 bits per heavy atom. The molecule has 7 nitrogen and oxygen atoms in total. The van der Waals surface area contributed by atoms with E-state index in [1.807, 2.05) is 13.0 Å². The lowest BCUT2D eigenvalue weighted by atomic mass is 10.2. The lowest BCUT2D eigenvalue weighted by Crippen LogP contribution is -2.30. The van der Waals surface area contributed by atoms with Crippen LogP contribution in [0.2, 0.25) is 0 Å². The van der Waals surface area contributed by atoms with Crippen molar-refractivity contribution >= 4 is 27.7 Å². The lowest BCUT2D eigenvalue weighted by Gasteiger charge is -2.18. The van der Waals surface area contributed by atoms with Gasteiger partial charge in [0, 0.05) is 24.9 Å². The molecular formula is C23H30N2O5S. The van der Waals surface area contributed by atoms with Gasteiger partial charge in [-0.2, -0.15) is 4.31 Å². The highest BCUT2D eigenvalue weighted by atomic mass is 32.2. The van der Waals surface area contributed by atoms with Gasteiger partial charge in [0.2, 0.25) is 15.9 Å². The van der Waals surface area contributed by atoms with E-state index in [4.69, 9.17) is 9.47 Å². The number of ether oxygens (including phenoxy) is 2. The summed E-state index contributed by atoms with van der Waals surface area (Å²) in [6.07, 6.45) is 3.92. The molecule has 0 saturated heterocycles. The predicted octanol–water partition coefficient (Wildman–Crippen LogP) is 4.17. The zero-order chi connectivity index (χ0) is 22.9. The SMILES string of the molecule is CCCOc1ccc(/C=C/C(=O)Nc2cccc(S(=O)(=O)N(CC)CC)c2)cc1OC. The Kier molecular flexibility index (Phi) is 9.08. The van der Waals surface area contributed by atoms with Crippen molar-refractivity contribution in [3.63, 3.8) is 0 Å². The summed E-state index contributed by atoms with van der Waals surface area (Å²) in [7, 11) is -2.03. The molecule has 168 valence electrons. The molecule has 0 radical (unpaired) electrons. The van der Waals surface area contributed by atoms with Crippen LogP contribution in [0.3, 0.4) is 0 Å². The van der Waals surface area contributed by atoms with Crippen molar-refractivity contribution in [2.75, 3.05) is 32.1 Å². The maximum Gasteiger partial charge on any atom is 0.248 e. The van der Waals surface area contributed by atoms with E-state index in [1.54, 1.807) is 51.3 Å². The third-order valence-electron chi connectivity index (χ3n) is 4.52. The third-order valence-corrected chi connectivity index (χ3v) is 6.57. The Morgan fingerprint density at radius 1 is 1.06 bits per heavy atom. The van der Waals surface area contributed by atoms with Crippen LogP contribution in [0, 0.1) is 0 Å². The molecule has 0 aliphatic heterocycles. The van der Waals surface area contributed by atoms with Gasteiger partial charge in [-0.25, -0.2) is 8.42 Å². The van der Waals surface area contributed by atoms with E-state index in [0.717, 1.165) is 12.0 Å². The highest BCUT2D eigenvalue weighted by Crippen LogP contribution is 2.28. The summed E-state index contributed by atoms with van der Waals surface area (Å²) < 4.78 is 37.7. The Labute approximate surface area is 184 Å². The predicted molar refractivity (Wildman–Crippen MR) is 123 cm³/mol. The van der Waals surface area contributed by atoms with E-state index in [0.29, 0.717) is 36.9 Å². The number of rotatable bonds is 11. The normalized spacial score (nSPS) is 11.6. The minimum Gasteiger partial charge on any atom is -0.493 e. The van der Waals surface area contributed by atoms with Gasteiger partial charge in [0.15, 0.2) is 11.5 Å². The van der Waals surface area contributed by atoms with Gasteiger partial charge in [-0.1, -0.05) is 32.9 Å². The number of carbonyl (C=O) groups excluding carboxylic acids is 1. The molecule has 0 saturated carbocycles. The summed E-state index contributed by atoms with van der Waals surface area (Å²) in [5, 5.41) is 2.70. The molecule has 0 bridgehead atoms. The van der Waals surface area contributed by atoms with Crippen LogP contribution in [0.15, 0.2) is 53.4 Å². The number of anilines is 1. The van der Waals surface area contributed by atoms with E-state index < -0.39 is 10.0 Å². The van der Waals surface area contributed by atoms with Crippen LogP contribution in [0.4, 0.5) is 5.69 Å². The van der Waals surface area contributed by atoms with Crippen LogP contribution in [0.1, 0.15) is 32.8 Å². The highest BCUT2D eigenvalue weighted by Gasteiger charge is 2.21. The van der Waals surface area contributed by atoms with Crippen molar-refractivity contribution in [3.8, 4) is 11.5 Å². The van der Waals surface area contributed by atoms with E-state index in [2.05, 4.69) is 5.32 Å². The second-order valence-electron chi connectivity index (χ2n) is 6.70. The molecule has 0 aliphatic rings. The van der Waals surface area contributed by atoms with E-state index in [9.17, 15) is 13.2 Å². The first-order valence-corrected chi connectivity index (χ1v) is 11.7. The van der Waals surface area contributed by atoms with Gasteiger partial charge in [-0.05, 0) is 48.4 Å². The first-order valence-electron chi connectivity index (χ1n) is 10.3. The summed E-state index contributed by atoms with van der Waals surface area (Å²) in [4.78, 5) is 12.5. The molecular weight excluding hydrogens is 416 g/mol. The van der Waals surface area contributed by atoms with Gasteiger partial charge in [0.05, 0.1) is 18.6 Å². The monoisotopic (exact) mass is 446 g/mol. The molecule has 0 unspecified atom stereocenters. The first-order chi connectivity index (χ1) is 14.8. The summed E-state index contributed by atoms with van der Waals surface area (Å²) >= 11 is 0. The molecule has 1 N–H and O–H groups in total. The smallest absolute Gasteiger partial charge is 0.248 e. The van der Waals surface area contributed by atoms with E-state index in [1.165, 1.54) is 22.5 Å².